The van der Waals surface area contributed by atoms with Gasteiger partial charge in [0.1, 0.15) is 6.61 Å². The number of carbonyl (C=O) groups is 1. The number of rotatable bonds is 7. The van der Waals surface area contributed by atoms with Gasteiger partial charge in [-0.05, 0) is 43.5 Å². The van der Waals surface area contributed by atoms with Crippen LogP contribution in [-0.4, -0.2) is 45.9 Å². The molecule has 0 atom stereocenters. The molecule has 1 aromatic carbocycles. The highest BCUT2D eigenvalue weighted by molar-refractivity contribution is 5.92. The van der Waals surface area contributed by atoms with Crippen molar-refractivity contribution in [1.29, 1.82) is 0 Å². The molecule has 1 N–H and O–H groups in total. The first-order valence-electron chi connectivity index (χ1n) is 7.43. The third kappa shape index (κ3) is 4.72. The SMILES string of the molecule is COCCOCC(=O)Nc1ccc(N2CCCC2)cc1C. The summed E-state index contributed by atoms with van der Waals surface area (Å²) in [5.41, 5.74) is 3.15. The van der Waals surface area contributed by atoms with E-state index in [1.54, 1.807) is 7.11 Å². The Bertz CT molecular complexity index is 471. The van der Waals surface area contributed by atoms with Crippen molar-refractivity contribution in [1.82, 2.24) is 0 Å². The lowest BCUT2D eigenvalue weighted by Crippen LogP contribution is -2.21. The van der Waals surface area contributed by atoms with Crippen LogP contribution in [0, 0.1) is 6.92 Å². The number of hydrogen-bond donors (Lipinski definition) is 1. The zero-order valence-electron chi connectivity index (χ0n) is 12.9. The van der Waals surface area contributed by atoms with Crippen molar-refractivity contribution in [3.63, 3.8) is 0 Å². The topological polar surface area (TPSA) is 50.8 Å². The molecule has 1 amide bonds. The van der Waals surface area contributed by atoms with Gasteiger partial charge < -0.3 is 19.7 Å². The summed E-state index contributed by atoms with van der Waals surface area (Å²) in [6.45, 7) is 5.24. The van der Waals surface area contributed by atoms with Crippen molar-refractivity contribution < 1.29 is 14.3 Å². The van der Waals surface area contributed by atoms with E-state index in [2.05, 4.69) is 22.3 Å². The van der Waals surface area contributed by atoms with E-state index >= 15 is 0 Å². The van der Waals surface area contributed by atoms with E-state index in [9.17, 15) is 4.79 Å². The first kappa shape index (κ1) is 15.8. The van der Waals surface area contributed by atoms with Crippen molar-refractivity contribution in [2.24, 2.45) is 0 Å². The number of hydrogen-bond acceptors (Lipinski definition) is 4. The molecule has 1 aliphatic rings. The van der Waals surface area contributed by atoms with Crippen LogP contribution in [0.1, 0.15) is 18.4 Å². The predicted molar refractivity (Wildman–Crippen MR) is 84.0 cm³/mol. The van der Waals surface area contributed by atoms with Gasteiger partial charge in [0.25, 0.3) is 0 Å². The van der Waals surface area contributed by atoms with Gasteiger partial charge in [-0.15, -0.1) is 0 Å². The number of amides is 1. The Kier molecular flexibility index (Phi) is 6.02. The molecule has 5 heteroatoms. The van der Waals surface area contributed by atoms with Gasteiger partial charge in [-0.25, -0.2) is 0 Å². The Morgan fingerprint density at radius 2 is 2.05 bits per heavy atom. The lowest BCUT2D eigenvalue weighted by atomic mass is 10.1. The van der Waals surface area contributed by atoms with Crippen LogP contribution < -0.4 is 10.2 Å². The molecule has 0 bridgehead atoms. The summed E-state index contributed by atoms with van der Waals surface area (Å²) in [4.78, 5) is 14.2. The second-order valence-corrected chi connectivity index (χ2v) is 5.29. The molecule has 0 unspecified atom stereocenters. The molecule has 21 heavy (non-hydrogen) atoms. The number of nitrogens with one attached hydrogen (secondary N) is 1. The van der Waals surface area contributed by atoms with Gasteiger partial charge >= 0.3 is 0 Å². The Labute approximate surface area is 126 Å². The van der Waals surface area contributed by atoms with Gasteiger partial charge in [-0.3, -0.25) is 4.79 Å². The van der Waals surface area contributed by atoms with Crippen LogP contribution in [0.25, 0.3) is 0 Å². The van der Waals surface area contributed by atoms with E-state index in [-0.39, 0.29) is 12.5 Å². The maximum Gasteiger partial charge on any atom is 0.250 e. The Morgan fingerprint density at radius 1 is 1.29 bits per heavy atom. The van der Waals surface area contributed by atoms with Gasteiger partial charge in [0.15, 0.2) is 0 Å². The summed E-state index contributed by atoms with van der Waals surface area (Å²) in [5.74, 6) is -0.136. The highest BCUT2D eigenvalue weighted by atomic mass is 16.5. The fourth-order valence-electron chi connectivity index (χ4n) is 2.45. The fourth-order valence-corrected chi connectivity index (χ4v) is 2.45. The number of ether oxygens (including phenoxy) is 2. The standard InChI is InChI=1S/C16H24N2O3/c1-13-11-14(18-7-3-4-8-18)5-6-15(13)17-16(19)12-21-10-9-20-2/h5-6,11H,3-4,7-10,12H2,1-2H3,(H,17,19). The van der Waals surface area contributed by atoms with E-state index in [4.69, 9.17) is 9.47 Å². The van der Waals surface area contributed by atoms with Crippen LogP contribution >= 0.6 is 0 Å². The molecule has 0 aliphatic carbocycles. The normalized spacial score (nSPS) is 14.5. The summed E-state index contributed by atoms with van der Waals surface area (Å²) < 4.78 is 10.1. The minimum absolute atomic E-state index is 0.0523. The predicted octanol–water partition coefficient (Wildman–Crippen LogP) is 2.20. The maximum absolute atomic E-state index is 11.8. The quantitative estimate of drug-likeness (QED) is 0.783. The molecule has 1 aromatic rings. The second-order valence-electron chi connectivity index (χ2n) is 5.29. The summed E-state index contributed by atoms with van der Waals surface area (Å²) in [5, 5.41) is 2.88. The zero-order chi connectivity index (χ0) is 15.1. The molecule has 1 saturated heterocycles. The smallest absolute Gasteiger partial charge is 0.250 e. The number of nitrogens with zero attached hydrogens (tertiary/aromatic N) is 1. The van der Waals surface area contributed by atoms with Crippen LogP contribution in [0.4, 0.5) is 11.4 Å². The number of carbonyl (C=O) groups excluding carboxylic acids is 1. The molecular formula is C16H24N2O3. The first-order chi connectivity index (χ1) is 10.2. The van der Waals surface area contributed by atoms with Gasteiger partial charge in [0, 0.05) is 31.6 Å². The summed E-state index contributed by atoms with van der Waals surface area (Å²) >= 11 is 0. The number of benzene rings is 1. The molecule has 116 valence electrons. The molecule has 1 heterocycles. The lowest BCUT2D eigenvalue weighted by molar-refractivity contribution is -0.121. The van der Waals surface area contributed by atoms with Crippen molar-refractivity contribution in [3.8, 4) is 0 Å². The Hall–Kier alpha value is -1.59. The molecule has 0 saturated carbocycles. The molecule has 1 aliphatic heterocycles. The molecule has 0 spiro atoms. The van der Waals surface area contributed by atoms with Crippen molar-refractivity contribution >= 4 is 17.3 Å². The number of anilines is 2. The monoisotopic (exact) mass is 292 g/mol. The highest BCUT2D eigenvalue weighted by Crippen LogP contribution is 2.25. The van der Waals surface area contributed by atoms with Crippen LogP contribution in [0.5, 0.6) is 0 Å². The molecule has 1 fully saturated rings. The summed E-state index contributed by atoms with van der Waals surface area (Å²) in [6, 6.07) is 6.17. The van der Waals surface area contributed by atoms with E-state index in [1.165, 1.54) is 18.5 Å². The molecule has 2 rings (SSSR count). The number of aryl methyl sites for hydroxylation is 1. The van der Waals surface area contributed by atoms with Gasteiger partial charge in [-0.2, -0.15) is 0 Å². The third-order valence-corrected chi connectivity index (χ3v) is 3.62. The average molecular weight is 292 g/mol. The molecule has 0 aromatic heterocycles. The van der Waals surface area contributed by atoms with E-state index < -0.39 is 0 Å². The zero-order valence-corrected chi connectivity index (χ0v) is 12.9. The summed E-state index contributed by atoms with van der Waals surface area (Å²) in [7, 11) is 1.61. The van der Waals surface area contributed by atoms with Crippen molar-refractivity contribution in [2.75, 3.05) is 50.2 Å². The summed E-state index contributed by atoms with van der Waals surface area (Å²) in [6.07, 6.45) is 2.52. The highest BCUT2D eigenvalue weighted by Gasteiger charge is 2.13. The van der Waals surface area contributed by atoms with Gasteiger partial charge in [0.05, 0.1) is 13.2 Å². The van der Waals surface area contributed by atoms with Crippen LogP contribution in [0.3, 0.4) is 0 Å². The maximum atomic E-state index is 11.8. The second kappa shape index (κ2) is 8.00. The van der Waals surface area contributed by atoms with Crippen LogP contribution in [-0.2, 0) is 14.3 Å². The number of methoxy groups -OCH3 is 1. The van der Waals surface area contributed by atoms with Crippen LogP contribution in [0.15, 0.2) is 18.2 Å². The minimum atomic E-state index is -0.136. The van der Waals surface area contributed by atoms with E-state index in [0.717, 1.165) is 24.3 Å². The molecule has 5 nitrogen and oxygen atoms in total. The molecule has 0 radical (unpaired) electrons. The third-order valence-electron chi connectivity index (χ3n) is 3.62. The minimum Gasteiger partial charge on any atom is -0.382 e. The Morgan fingerprint density at radius 3 is 2.71 bits per heavy atom. The van der Waals surface area contributed by atoms with E-state index in [1.807, 2.05) is 13.0 Å². The average Bonchev–Trinajstić information content (AvgIpc) is 3.00. The molecular weight excluding hydrogens is 268 g/mol. The van der Waals surface area contributed by atoms with Crippen molar-refractivity contribution in [3.05, 3.63) is 23.8 Å². The Balaban J connectivity index is 1.86. The van der Waals surface area contributed by atoms with Gasteiger partial charge in [0.2, 0.25) is 5.91 Å². The first-order valence-corrected chi connectivity index (χ1v) is 7.43. The van der Waals surface area contributed by atoms with E-state index in [0.29, 0.717) is 13.2 Å². The van der Waals surface area contributed by atoms with Crippen LogP contribution in [0.2, 0.25) is 0 Å². The lowest BCUT2D eigenvalue weighted by Gasteiger charge is -2.19. The fraction of sp³-hybridized carbons (Fsp3) is 0.562. The van der Waals surface area contributed by atoms with Crippen molar-refractivity contribution in [2.45, 2.75) is 19.8 Å². The van der Waals surface area contributed by atoms with Gasteiger partial charge in [-0.1, -0.05) is 0 Å². The largest absolute Gasteiger partial charge is 0.382 e.